The summed E-state index contributed by atoms with van der Waals surface area (Å²) in [6.45, 7) is 10.3. The van der Waals surface area contributed by atoms with E-state index in [4.69, 9.17) is 9.15 Å². The van der Waals surface area contributed by atoms with Gasteiger partial charge in [0.25, 0.3) is 0 Å². The first-order chi connectivity index (χ1) is 8.30. The fraction of sp³-hybridized carbons (Fsp3) is 0.571. The maximum Gasteiger partial charge on any atom is 0.433 e. The fourth-order valence-electron chi connectivity index (χ4n) is 1.43. The number of carbonyl (C=O) groups excluding carboxylic acids is 1. The summed E-state index contributed by atoms with van der Waals surface area (Å²) in [7, 11) is 0. The highest BCUT2D eigenvalue weighted by molar-refractivity contribution is 6.08. The van der Waals surface area contributed by atoms with Gasteiger partial charge in [0.1, 0.15) is 0 Å². The lowest BCUT2D eigenvalue weighted by Gasteiger charge is -2.20. The molecule has 0 aliphatic carbocycles. The average Bonchev–Trinajstić information content (AvgIpc) is 2.74. The van der Waals surface area contributed by atoms with Crippen LogP contribution < -0.4 is 0 Å². The van der Waals surface area contributed by atoms with Crippen molar-refractivity contribution in [3.05, 3.63) is 24.2 Å². The van der Waals surface area contributed by atoms with Crippen LogP contribution in [-0.2, 0) is 4.74 Å². The third kappa shape index (κ3) is 4.35. The van der Waals surface area contributed by atoms with Gasteiger partial charge in [-0.05, 0) is 12.0 Å². The van der Waals surface area contributed by atoms with Crippen LogP contribution in [0.2, 0.25) is 0 Å². The van der Waals surface area contributed by atoms with Gasteiger partial charge in [-0.1, -0.05) is 34.6 Å². The molecular formula is C14H21NO3. The molecule has 0 spiro atoms. The van der Waals surface area contributed by atoms with Gasteiger partial charge >= 0.3 is 6.09 Å². The second-order valence-electron chi connectivity index (χ2n) is 5.69. The Bertz CT molecular complexity index is 411. The van der Waals surface area contributed by atoms with E-state index in [1.807, 2.05) is 34.6 Å². The standard InChI is InChI=1S/C14H21NO3/c1-10(2)8-18-13(16)15-12(14(3,4)5)11-6-7-17-9-11/h6-7,9-10H,8H2,1-5H3/b15-12+. The summed E-state index contributed by atoms with van der Waals surface area (Å²) in [6.07, 6.45) is 2.60. The van der Waals surface area contributed by atoms with Gasteiger partial charge in [-0.15, -0.1) is 0 Å². The number of hydrogen-bond donors (Lipinski definition) is 0. The molecule has 4 heteroatoms. The largest absolute Gasteiger partial charge is 0.472 e. The molecule has 1 rings (SSSR count). The van der Waals surface area contributed by atoms with Crippen LogP contribution in [0.3, 0.4) is 0 Å². The van der Waals surface area contributed by atoms with Crippen molar-refractivity contribution in [1.82, 2.24) is 0 Å². The molecule has 4 nitrogen and oxygen atoms in total. The van der Waals surface area contributed by atoms with Gasteiger partial charge in [0, 0.05) is 11.0 Å². The Balaban J connectivity index is 2.88. The molecule has 18 heavy (non-hydrogen) atoms. The van der Waals surface area contributed by atoms with Gasteiger partial charge in [0.05, 0.1) is 24.8 Å². The van der Waals surface area contributed by atoms with Gasteiger partial charge in [0.15, 0.2) is 0 Å². The Kier molecular flexibility index (Phi) is 4.70. The number of hydrogen-bond acceptors (Lipinski definition) is 3. The molecule has 100 valence electrons. The van der Waals surface area contributed by atoms with Crippen molar-refractivity contribution in [2.75, 3.05) is 6.61 Å². The summed E-state index contributed by atoms with van der Waals surface area (Å²) in [5.41, 5.74) is 1.23. The summed E-state index contributed by atoms with van der Waals surface area (Å²) >= 11 is 0. The molecule has 1 aromatic rings. The topological polar surface area (TPSA) is 51.8 Å². The van der Waals surface area contributed by atoms with Crippen molar-refractivity contribution in [1.29, 1.82) is 0 Å². The molecule has 0 aliphatic heterocycles. The molecule has 1 heterocycles. The predicted molar refractivity (Wildman–Crippen MR) is 70.9 cm³/mol. The summed E-state index contributed by atoms with van der Waals surface area (Å²) in [5, 5.41) is 0. The van der Waals surface area contributed by atoms with Crippen molar-refractivity contribution in [2.45, 2.75) is 34.6 Å². The van der Waals surface area contributed by atoms with E-state index in [1.54, 1.807) is 18.6 Å². The number of nitrogens with zero attached hydrogens (tertiary/aromatic N) is 1. The van der Waals surface area contributed by atoms with E-state index in [1.165, 1.54) is 0 Å². The second-order valence-corrected chi connectivity index (χ2v) is 5.69. The van der Waals surface area contributed by atoms with E-state index in [-0.39, 0.29) is 5.41 Å². The Morgan fingerprint density at radius 1 is 1.44 bits per heavy atom. The van der Waals surface area contributed by atoms with Crippen molar-refractivity contribution in [2.24, 2.45) is 16.3 Å². The monoisotopic (exact) mass is 251 g/mol. The lowest BCUT2D eigenvalue weighted by atomic mass is 9.86. The first-order valence-electron chi connectivity index (χ1n) is 6.09. The van der Waals surface area contributed by atoms with E-state index in [2.05, 4.69) is 4.99 Å². The van der Waals surface area contributed by atoms with Crippen LogP contribution in [0, 0.1) is 11.3 Å². The first-order valence-corrected chi connectivity index (χ1v) is 6.09. The number of amides is 1. The SMILES string of the molecule is CC(C)COC(=O)/N=C(\c1ccoc1)C(C)(C)C. The van der Waals surface area contributed by atoms with Crippen LogP contribution in [-0.4, -0.2) is 18.4 Å². The van der Waals surface area contributed by atoms with Gasteiger partial charge in [-0.25, -0.2) is 4.79 Å². The average molecular weight is 251 g/mol. The van der Waals surface area contributed by atoms with E-state index in [0.29, 0.717) is 18.2 Å². The zero-order chi connectivity index (χ0) is 13.8. The van der Waals surface area contributed by atoms with Crippen LogP contribution >= 0.6 is 0 Å². The molecular weight excluding hydrogens is 230 g/mol. The lowest BCUT2D eigenvalue weighted by Crippen LogP contribution is -2.23. The summed E-state index contributed by atoms with van der Waals surface area (Å²) in [6, 6.07) is 1.79. The maximum atomic E-state index is 11.7. The van der Waals surface area contributed by atoms with Crippen LogP contribution in [0.5, 0.6) is 0 Å². The minimum atomic E-state index is -0.546. The molecule has 0 atom stereocenters. The molecule has 1 amide bonds. The van der Waals surface area contributed by atoms with Crippen molar-refractivity contribution in [3.8, 4) is 0 Å². The van der Waals surface area contributed by atoms with Gasteiger partial charge in [-0.2, -0.15) is 4.99 Å². The van der Waals surface area contributed by atoms with Crippen LogP contribution in [0.1, 0.15) is 40.2 Å². The summed E-state index contributed by atoms with van der Waals surface area (Å²) in [4.78, 5) is 15.7. The van der Waals surface area contributed by atoms with Gasteiger partial charge in [-0.3, -0.25) is 0 Å². The van der Waals surface area contributed by atoms with Gasteiger partial charge < -0.3 is 9.15 Å². The maximum absolute atomic E-state index is 11.7. The predicted octanol–water partition coefficient (Wildman–Crippen LogP) is 3.91. The summed E-state index contributed by atoms with van der Waals surface area (Å²) in [5.74, 6) is 0.302. The third-order valence-electron chi connectivity index (χ3n) is 2.25. The molecule has 0 N–H and O–H groups in total. The highest BCUT2D eigenvalue weighted by atomic mass is 16.5. The van der Waals surface area contributed by atoms with Crippen LogP contribution in [0.4, 0.5) is 4.79 Å². The molecule has 0 aliphatic rings. The van der Waals surface area contributed by atoms with Crippen LogP contribution in [0.25, 0.3) is 0 Å². The van der Waals surface area contributed by atoms with Crippen LogP contribution in [0.15, 0.2) is 28.0 Å². The van der Waals surface area contributed by atoms with E-state index < -0.39 is 6.09 Å². The van der Waals surface area contributed by atoms with Crippen molar-refractivity contribution in [3.63, 3.8) is 0 Å². The van der Waals surface area contributed by atoms with E-state index in [0.717, 1.165) is 5.56 Å². The fourth-order valence-corrected chi connectivity index (χ4v) is 1.43. The quantitative estimate of drug-likeness (QED) is 0.765. The minimum Gasteiger partial charge on any atom is -0.472 e. The Labute approximate surface area is 108 Å². The highest BCUT2D eigenvalue weighted by Crippen LogP contribution is 2.22. The highest BCUT2D eigenvalue weighted by Gasteiger charge is 2.23. The second kappa shape index (κ2) is 5.85. The molecule has 0 saturated heterocycles. The van der Waals surface area contributed by atoms with E-state index >= 15 is 0 Å². The normalized spacial score (nSPS) is 12.9. The number of carbonyl (C=O) groups is 1. The number of aliphatic imine (C=N–C) groups is 1. The zero-order valence-electron chi connectivity index (χ0n) is 11.7. The third-order valence-corrected chi connectivity index (χ3v) is 2.25. The molecule has 0 fully saturated rings. The van der Waals surface area contributed by atoms with Gasteiger partial charge in [0.2, 0.25) is 0 Å². The van der Waals surface area contributed by atoms with Crippen molar-refractivity contribution < 1.29 is 13.9 Å². The summed E-state index contributed by atoms with van der Waals surface area (Å²) < 4.78 is 10.1. The molecule has 0 saturated carbocycles. The Morgan fingerprint density at radius 3 is 2.56 bits per heavy atom. The Hall–Kier alpha value is -1.58. The molecule has 0 radical (unpaired) electrons. The number of rotatable bonds is 3. The lowest BCUT2D eigenvalue weighted by molar-refractivity contribution is 0.143. The molecule has 1 aromatic heterocycles. The number of ether oxygens (including phenoxy) is 1. The molecule has 0 aromatic carbocycles. The first kappa shape index (κ1) is 14.5. The number of furan rings is 1. The van der Waals surface area contributed by atoms with Crippen molar-refractivity contribution >= 4 is 11.8 Å². The zero-order valence-corrected chi connectivity index (χ0v) is 11.7. The Morgan fingerprint density at radius 2 is 2.11 bits per heavy atom. The minimum absolute atomic E-state index is 0.249. The molecule has 0 bridgehead atoms. The van der Waals surface area contributed by atoms with E-state index in [9.17, 15) is 4.79 Å². The smallest absolute Gasteiger partial charge is 0.433 e. The molecule has 0 unspecified atom stereocenters.